The highest BCUT2D eigenvalue weighted by molar-refractivity contribution is 14.1. The lowest BCUT2D eigenvalue weighted by Crippen LogP contribution is -2.18. The SMILES string of the molecule is NC(=O)c1ncc(I)c(F)c1C(F)F. The standard InChI is InChI=1S/C7H4F3IN2O/c8-4-2(11)1-13-5(7(12)14)3(4)6(9)10/h1,6H,(H2,12,14). The average molecular weight is 316 g/mol. The summed E-state index contributed by atoms with van der Waals surface area (Å²) in [6, 6.07) is 0. The third kappa shape index (κ3) is 1.97. The number of hydrogen-bond donors (Lipinski definition) is 1. The molecule has 1 aromatic heterocycles. The Morgan fingerprint density at radius 2 is 2.14 bits per heavy atom. The van der Waals surface area contributed by atoms with E-state index in [1.165, 1.54) is 22.6 Å². The van der Waals surface area contributed by atoms with Gasteiger partial charge in [-0.3, -0.25) is 4.79 Å². The van der Waals surface area contributed by atoms with Crippen molar-refractivity contribution in [3.63, 3.8) is 0 Å². The Bertz CT molecular complexity index is 383. The molecule has 0 saturated carbocycles. The van der Waals surface area contributed by atoms with Crippen molar-refractivity contribution in [3.05, 3.63) is 26.8 Å². The van der Waals surface area contributed by atoms with Crippen molar-refractivity contribution in [1.29, 1.82) is 0 Å². The quantitative estimate of drug-likeness (QED) is 0.847. The fourth-order valence-electron chi connectivity index (χ4n) is 0.876. The van der Waals surface area contributed by atoms with Gasteiger partial charge in [-0.2, -0.15) is 0 Å². The maximum Gasteiger partial charge on any atom is 0.269 e. The lowest BCUT2D eigenvalue weighted by Gasteiger charge is -2.06. The molecule has 0 aromatic carbocycles. The van der Waals surface area contributed by atoms with Crippen molar-refractivity contribution in [2.24, 2.45) is 5.73 Å². The van der Waals surface area contributed by atoms with Crippen LogP contribution < -0.4 is 5.73 Å². The topological polar surface area (TPSA) is 56.0 Å². The van der Waals surface area contributed by atoms with Crippen LogP contribution in [0.25, 0.3) is 0 Å². The van der Waals surface area contributed by atoms with Crippen molar-refractivity contribution < 1.29 is 18.0 Å². The molecule has 0 aliphatic rings. The van der Waals surface area contributed by atoms with Crippen LogP contribution in [0.3, 0.4) is 0 Å². The summed E-state index contributed by atoms with van der Waals surface area (Å²) in [7, 11) is 0. The molecule has 0 bridgehead atoms. The Morgan fingerprint density at radius 3 is 2.57 bits per heavy atom. The Balaban J connectivity index is 3.45. The van der Waals surface area contributed by atoms with Gasteiger partial charge in [0.1, 0.15) is 11.5 Å². The third-order valence-corrected chi connectivity index (χ3v) is 2.21. The average Bonchev–Trinajstić information content (AvgIpc) is 2.08. The van der Waals surface area contributed by atoms with E-state index in [1.54, 1.807) is 0 Å². The number of nitrogens with zero attached hydrogens (tertiary/aromatic N) is 1. The van der Waals surface area contributed by atoms with E-state index in [2.05, 4.69) is 4.98 Å². The first-order valence-electron chi connectivity index (χ1n) is 3.37. The molecule has 0 aliphatic carbocycles. The molecule has 1 heterocycles. The third-order valence-electron chi connectivity index (χ3n) is 1.46. The molecular formula is C7H4F3IN2O. The summed E-state index contributed by atoms with van der Waals surface area (Å²) < 4.78 is 37.7. The maximum absolute atomic E-state index is 13.1. The Labute approximate surface area is 90.6 Å². The Morgan fingerprint density at radius 1 is 1.57 bits per heavy atom. The molecule has 0 radical (unpaired) electrons. The highest BCUT2D eigenvalue weighted by Gasteiger charge is 2.24. The van der Waals surface area contributed by atoms with Crippen LogP contribution >= 0.6 is 22.6 Å². The molecule has 1 aromatic rings. The van der Waals surface area contributed by atoms with Gasteiger partial charge in [0.05, 0.1) is 9.13 Å². The minimum absolute atomic E-state index is 0.0806. The first-order chi connectivity index (χ1) is 6.45. The number of aromatic nitrogens is 1. The number of nitrogens with two attached hydrogens (primary N) is 1. The van der Waals surface area contributed by atoms with Crippen LogP contribution in [-0.2, 0) is 0 Å². The minimum Gasteiger partial charge on any atom is -0.364 e. The van der Waals surface area contributed by atoms with Crippen molar-refractivity contribution in [3.8, 4) is 0 Å². The smallest absolute Gasteiger partial charge is 0.269 e. The first-order valence-corrected chi connectivity index (χ1v) is 4.45. The largest absolute Gasteiger partial charge is 0.364 e. The molecule has 76 valence electrons. The van der Waals surface area contributed by atoms with Gasteiger partial charge in [0.25, 0.3) is 12.3 Å². The van der Waals surface area contributed by atoms with Crippen LogP contribution in [0.15, 0.2) is 6.20 Å². The van der Waals surface area contributed by atoms with Crippen LogP contribution in [0.4, 0.5) is 13.2 Å². The van der Waals surface area contributed by atoms with Crippen LogP contribution in [0.2, 0.25) is 0 Å². The predicted molar refractivity (Wildman–Crippen MR) is 50.4 cm³/mol. The molecule has 3 nitrogen and oxygen atoms in total. The summed E-state index contributed by atoms with van der Waals surface area (Å²) in [6.45, 7) is 0. The fraction of sp³-hybridized carbons (Fsp3) is 0.143. The molecule has 0 saturated heterocycles. The van der Waals surface area contributed by atoms with E-state index < -0.39 is 29.4 Å². The number of carbonyl (C=O) groups excluding carboxylic acids is 1. The second kappa shape index (κ2) is 4.11. The summed E-state index contributed by atoms with van der Waals surface area (Å²) in [5.74, 6) is -2.32. The van der Waals surface area contributed by atoms with Gasteiger partial charge in [-0.25, -0.2) is 18.2 Å². The summed E-state index contributed by atoms with van der Waals surface area (Å²) in [6.07, 6.45) is -2.14. The second-order valence-corrected chi connectivity index (χ2v) is 3.51. The van der Waals surface area contributed by atoms with E-state index in [0.29, 0.717) is 0 Å². The maximum atomic E-state index is 13.1. The van der Waals surface area contributed by atoms with Gasteiger partial charge in [-0.15, -0.1) is 0 Å². The van der Waals surface area contributed by atoms with Crippen LogP contribution in [0.1, 0.15) is 22.5 Å². The normalized spacial score (nSPS) is 10.6. The summed E-state index contributed by atoms with van der Waals surface area (Å²) in [5, 5.41) is 0. The summed E-state index contributed by atoms with van der Waals surface area (Å²) >= 11 is 1.50. The first kappa shape index (κ1) is 11.2. The van der Waals surface area contributed by atoms with E-state index in [4.69, 9.17) is 5.73 Å². The van der Waals surface area contributed by atoms with Gasteiger partial charge in [0.15, 0.2) is 0 Å². The highest BCUT2D eigenvalue weighted by atomic mass is 127. The van der Waals surface area contributed by atoms with Gasteiger partial charge in [0.2, 0.25) is 0 Å². The molecule has 0 unspecified atom stereocenters. The lowest BCUT2D eigenvalue weighted by molar-refractivity contribution is 0.0976. The van der Waals surface area contributed by atoms with E-state index in [0.717, 1.165) is 6.20 Å². The molecule has 14 heavy (non-hydrogen) atoms. The summed E-state index contributed by atoms with van der Waals surface area (Å²) in [5.41, 5.74) is 3.01. The molecule has 2 N–H and O–H groups in total. The van der Waals surface area contributed by atoms with Gasteiger partial charge >= 0.3 is 0 Å². The molecule has 1 amide bonds. The Kier molecular flexibility index (Phi) is 3.29. The van der Waals surface area contributed by atoms with Crippen molar-refractivity contribution in [2.45, 2.75) is 6.43 Å². The van der Waals surface area contributed by atoms with E-state index in [-0.39, 0.29) is 3.57 Å². The number of alkyl halides is 2. The number of hydrogen-bond acceptors (Lipinski definition) is 2. The zero-order valence-corrected chi connectivity index (χ0v) is 8.76. The highest BCUT2D eigenvalue weighted by Crippen LogP contribution is 2.26. The van der Waals surface area contributed by atoms with Gasteiger partial charge < -0.3 is 5.73 Å². The monoisotopic (exact) mass is 316 g/mol. The van der Waals surface area contributed by atoms with Gasteiger partial charge in [-0.1, -0.05) is 0 Å². The van der Waals surface area contributed by atoms with E-state index in [9.17, 15) is 18.0 Å². The van der Waals surface area contributed by atoms with E-state index in [1.807, 2.05) is 0 Å². The molecule has 7 heteroatoms. The van der Waals surface area contributed by atoms with Crippen molar-refractivity contribution in [1.82, 2.24) is 4.98 Å². The molecule has 0 spiro atoms. The summed E-state index contributed by atoms with van der Waals surface area (Å²) in [4.78, 5) is 14.0. The zero-order chi connectivity index (χ0) is 10.9. The van der Waals surface area contributed by atoms with Crippen molar-refractivity contribution >= 4 is 28.5 Å². The van der Waals surface area contributed by atoms with Crippen LogP contribution in [0.5, 0.6) is 0 Å². The van der Waals surface area contributed by atoms with Gasteiger partial charge in [-0.05, 0) is 22.6 Å². The predicted octanol–water partition coefficient (Wildman–Crippen LogP) is 1.86. The number of halogens is 4. The molecule has 0 fully saturated rings. The molecular weight excluding hydrogens is 312 g/mol. The zero-order valence-electron chi connectivity index (χ0n) is 6.60. The van der Waals surface area contributed by atoms with Crippen LogP contribution in [0, 0.1) is 9.39 Å². The number of amides is 1. The molecule has 1 rings (SSSR count). The van der Waals surface area contributed by atoms with E-state index >= 15 is 0 Å². The number of carbonyl (C=O) groups is 1. The second-order valence-electron chi connectivity index (χ2n) is 2.35. The van der Waals surface area contributed by atoms with Gasteiger partial charge in [0, 0.05) is 6.20 Å². The van der Waals surface area contributed by atoms with Crippen LogP contribution in [-0.4, -0.2) is 10.9 Å². The lowest BCUT2D eigenvalue weighted by atomic mass is 10.2. The molecule has 0 aliphatic heterocycles. The molecule has 0 atom stereocenters. The number of pyridine rings is 1. The number of primary amides is 1. The fourth-order valence-corrected chi connectivity index (χ4v) is 1.31. The minimum atomic E-state index is -3.11. The number of rotatable bonds is 2. The van der Waals surface area contributed by atoms with Crippen molar-refractivity contribution in [2.75, 3.05) is 0 Å². The Hall–Kier alpha value is -0.860.